The van der Waals surface area contributed by atoms with Crippen LogP contribution in [0.1, 0.15) is 52.8 Å². The quantitative estimate of drug-likeness (QED) is 0.288. The molecule has 2 nitrogen and oxygen atoms in total. The maximum absolute atomic E-state index is 4.58. The normalized spacial score (nSPS) is 13.8. The number of aryl methyl sites for hydroxylation is 6. The SMILES string of the molecule is CC1=C(C)N(c2c(C)cc(C)cc2C)[CH-]N1Cc1c(C)cc(C)cc1C.[Cl][Au]. The summed E-state index contributed by atoms with van der Waals surface area (Å²) < 4.78 is 0. The topological polar surface area (TPSA) is 6.48 Å². The molecule has 3 rings (SSSR count). The van der Waals surface area contributed by atoms with Gasteiger partial charge in [-0.05, 0) is 88.9 Å². The third-order valence-corrected chi connectivity index (χ3v) is 5.62. The van der Waals surface area contributed by atoms with Crippen molar-refractivity contribution in [3.05, 3.63) is 81.3 Å². The van der Waals surface area contributed by atoms with Gasteiger partial charge in [-0.1, -0.05) is 35.4 Å². The van der Waals surface area contributed by atoms with Crippen LogP contribution in [0.5, 0.6) is 0 Å². The van der Waals surface area contributed by atoms with Gasteiger partial charge in [0.2, 0.25) is 0 Å². The summed E-state index contributed by atoms with van der Waals surface area (Å²) in [6, 6.07) is 9.12. The molecule has 0 spiro atoms. The number of anilines is 1. The van der Waals surface area contributed by atoms with Crippen molar-refractivity contribution in [1.82, 2.24) is 4.90 Å². The third-order valence-electron chi connectivity index (χ3n) is 5.62. The van der Waals surface area contributed by atoms with Crippen LogP contribution < -0.4 is 4.90 Å². The van der Waals surface area contributed by atoms with Crippen molar-refractivity contribution < 1.29 is 20.0 Å². The summed E-state index contributed by atoms with van der Waals surface area (Å²) in [6.45, 7) is 20.9. The molecule has 0 fully saturated rings. The van der Waals surface area contributed by atoms with Crippen molar-refractivity contribution >= 4 is 14.9 Å². The Bertz CT molecular complexity index is 855. The van der Waals surface area contributed by atoms with E-state index >= 15 is 0 Å². The van der Waals surface area contributed by atoms with E-state index in [1.165, 1.54) is 56.0 Å². The van der Waals surface area contributed by atoms with Crippen molar-refractivity contribution in [2.45, 2.75) is 61.9 Å². The minimum absolute atomic E-state index is 0.918. The van der Waals surface area contributed by atoms with Crippen molar-refractivity contribution in [2.24, 2.45) is 0 Å². The Morgan fingerprint density at radius 1 is 0.714 bits per heavy atom. The molecule has 2 aromatic rings. The standard InChI is InChI=1S/C24H31N2.Au.ClH/c1-15-9-17(3)23(18(4)10-15)13-25-14-26(22(8)21(25)7)24-19(5)11-16(2)12-20(24)6;;/h9-12,14H,13H2,1-8H3;;1H/q-1;+1;/p-1. The van der Waals surface area contributed by atoms with Gasteiger partial charge in [0.25, 0.3) is 0 Å². The van der Waals surface area contributed by atoms with Gasteiger partial charge in [-0.2, -0.15) is 6.67 Å². The van der Waals surface area contributed by atoms with Gasteiger partial charge in [-0.15, -0.1) is 0 Å². The summed E-state index contributed by atoms with van der Waals surface area (Å²) in [6.07, 6.45) is 0. The van der Waals surface area contributed by atoms with Crippen LogP contribution >= 0.6 is 9.19 Å². The van der Waals surface area contributed by atoms with E-state index in [9.17, 15) is 0 Å². The van der Waals surface area contributed by atoms with Gasteiger partial charge in [0, 0.05) is 17.9 Å². The molecule has 4 heteroatoms. The molecule has 0 amide bonds. The molecule has 0 aliphatic carbocycles. The second-order valence-corrected chi connectivity index (χ2v) is 7.91. The first-order valence-electron chi connectivity index (χ1n) is 9.53. The molecule has 1 aliphatic heterocycles. The second-order valence-electron chi connectivity index (χ2n) is 7.91. The molecule has 1 heterocycles. The number of nitrogens with zero attached hydrogens (tertiary/aromatic N) is 2. The predicted molar refractivity (Wildman–Crippen MR) is 118 cm³/mol. The van der Waals surface area contributed by atoms with Crippen LogP contribution in [-0.4, -0.2) is 4.90 Å². The molecule has 28 heavy (non-hydrogen) atoms. The van der Waals surface area contributed by atoms with Crippen LogP contribution in [-0.2, 0) is 26.5 Å². The summed E-state index contributed by atoms with van der Waals surface area (Å²) in [4.78, 5) is 4.75. The van der Waals surface area contributed by atoms with E-state index in [0.717, 1.165) is 6.54 Å². The summed E-state index contributed by atoms with van der Waals surface area (Å²) >= 11 is 1.75. The van der Waals surface area contributed by atoms with Crippen LogP contribution in [0.15, 0.2) is 35.7 Å². The molecule has 0 unspecified atom stereocenters. The van der Waals surface area contributed by atoms with E-state index < -0.39 is 0 Å². The fraction of sp³-hybridized carbons (Fsp3) is 0.375. The van der Waals surface area contributed by atoms with Gasteiger partial charge in [-0.3, -0.25) is 0 Å². The van der Waals surface area contributed by atoms with E-state index in [4.69, 9.17) is 0 Å². The molecule has 0 atom stereocenters. The van der Waals surface area contributed by atoms with E-state index in [1.807, 2.05) is 0 Å². The monoisotopic (exact) mass is 579 g/mol. The minimum atomic E-state index is 0.918. The Morgan fingerprint density at radius 2 is 1.14 bits per heavy atom. The van der Waals surface area contributed by atoms with Crippen LogP contribution in [0.25, 0.3) is 0 Å². The Labute approximate surface area is 187 Å². The molecule has 0 N–H and O–H groups in total. The van der Waals surface area contributed by atoms with Gasteiger partial charge in [-0.25, -0.2) is 0 Å². The summed E-state index contributed by atoms with van der Waals surface area (Å²) in [5, 5.41) is 0. The van der Waals surface area contributed by atoms with E-state index in [1.54, 1.807) is 20.0 Å². The zero-order chi connectivity index (χ0) is 21.2. The Hall–Kier alpha value is -1.19. The number of hydrogen-bond acceptors (Lipinski definition) is 2. The molecule has 0 saturated carbocycles. The fourth-order valence-electron chi connectivity index (χ4n) is 4.26. The van der Waals surface area contributed by atoms with Crippen LogP contribution in [0.2, 0.25) is 0 Å². The molecule has 1 aliphatic rings. The number of benzene rings is 2. The number of allylic oxidation sites excluding steroid dienone is 2. The Kier molecular flexibility index (Phi) is 7.87. The van der Waals surface area contributed by atoms with E-state index in [-0.39, 0.29) is 0 Å². The predicted octanol–water partition coefficient (Wildman–Crippen LogP) is 6.92. The van der Waals surface area contributed by atoms with Crippen LogP contribution in [0, 0.1) is 48.2 Å². The molecule has 0 bridgehead atoms. The van der Waals surface area contributed by atoms with Crippen molar-refractivity contribution in [3.8, 4) is 0 Å². The zero-order valence-corrected chi connectivity index (χ0v) is 21.1. The van der Waals surface area contributed by atoms with Gasteiger partial charge in [0.15, 0.2) is 0 Å². The van der Waals surface area contributed by atoms with Gasteiger partial charge in [0.05, 0.1) is 0 Å². The van der Waals surface area contributed by atoms with E-state index in [0.29, 0.717) is 0 Å². The summed E-state index contributed by atoms with van der Waals surface area (Å²) in [7, 11) is 4.58. The van der Waals surface area contributed by atoms with Gasteiger partial charge < -0.3 is 9.80 Å². The first kappa shape index (κ1) is 23.1. The molecule has 0 aromatic heterocycles. The Morgan fingerprint density at radius 3 is 1.61 bits per heavy atom. The second kappa shape index (κ2) is 9.54. The molecule has 0 saturated heterocycles. The molecular formula is C24H31AuClN2-. The van der Waals surface area contributed by atoms with Crippen LogP contribution in [0.4, 0.5) is 5.69 Å². The van der Waals surface area contributed by atoms with Crippen molar-refractivity contribution in [2.75, 3.05) is 4.90 Å². The molecule has 0 radical (unpaired) electrons. The number of rotatable bonds is 3. The fourth-order valence-corrected chi connectivity index (χ4v) is 4.26. The van der Waals surface area contributed by atoms with Crippen molar-refractivity contribution in [1.29, 1.82) is 0 Å². The molecule has 2 aromatic carbocycles. The van der Waals surface area contributed by atoms with Crippen molar-refractivity contribution in [3.63, 3.8) is 0 Å². The van der Waals surface area contributed by atoms with E-state index in [2.05, 4.69) is 105 Å². The zero-order valence-electron chi connectivity index (χ0n) is 18.2. The first-order valence-corrected chi connectivity index (χ1v) is 12.2. The maximum atomic E-state index is 4.58. The van der Waals surface area contributed by atoms with Gasteiger partial charge >= 0.3 is 29.2 Å². The number of halogens is 1. The third kappa shape index (κ3) is 4.68. The average molecular weight is 580 g/mol. The summed E-state index contributed by atoms with van der Waals surface area (Å²) in [5.74, 6) is 0. The van der Waals surface area contributed by atoms with Crippen LogP contribution in [0.3, 0.4) is 0 Å². The average Bonchev–Trinajstić information content (AvgIpc) is 2.87. The number of hydrogen-bond donors (Lipinski definition) is 0. The molecular weight excluding hydrogens is 549 g/mol. The van der Waals surface area contributed by atoms with Gasteiger partial charge in [0.1, 0.15) is 0 Å². The molecule has 156 valence electrons. The Balaban J connectivity index is 0.00000136. The summed E-state index contributed by atoms with van der Waals surface area (Å²) in [5.41, 5.74) is 13.4. The first-order chi connectivity index (χ1) is 13.2.